The standard InChI is InChI=1S/C18H26O3/c1-2-3-4-5-6-7-8-11-15(19)18-14-20-16-12-9-10-13-17(16)21-18/h9-10,12-13,18H,2-8,11,14H2,1H3. The largest absolute Gasteiger partial charge is 0.485 e. The maximum absolute atomic E-state index is 12.1. The van der Waals surface area contributed by atoms with Gasteiger partial charge in [-0.3, -0.25) is 4.79 Å². The van der Waals surface area contributed by atoms with Crippen LogP contribution in [0.1, 0.15) is 58.3 Å². The normalized spacial score (nSPS) is 16.7. The Balaban J connectivity index is 1.64. The van der Waals surface area contributed by atoms with Crippen LogP contribution in [0.5, 0.6) is 11.5 Å². The zero-order valence-electron chi connectivity index (χ0n) is 13.0. The van der Waals surface area contributed by atoms with Crippen molar-refractivity contribution in [2.45, 2.75) is 64.4 Å². The van der Waals surface area contributed by atoms with Gasteiger partial charge in [0.05, 0.1) is 0 Å². The van der Waals surface area contributed by atoms with Crippen molar-refractivity contribution in [2.24, 2.45) is 0 Å². The molecule has 2 rings (SSSR count). The van der Waals surface area contributed by atoms with Crippen molar-refractivity contribution in [3.63, 3.8) is 0 Å². The fraction of sp³-hybridized carbons (Fsp3) is 0.611. The molecule has 1 aromatic carbocycles. The van der Waals surface area contributed by atoms with Gasteiger partial charge in [-0.05, 0) is 18.6 Å². The van der Waals surface area contributed by atoms with Gasteiger partial charge in [0.25, 0.3) is 0 Å². The van der Waals surface area contributed by atoms with Gasteiger partial charge in [-0.2, -0.15) is 0 Å². The third kappa shape index (κ3) is 5.07. The number of benzene rings is 1. The molecule has 0 N–H and O–H groups in total. The molecule has 3 heteroatoms. The van der Waals surface area contributed by atoms with Gasteiger partial charge in [-0.25, -0.2) is 0 Å². The lowest BCUT2D eigenvalue weighted by atomic mass is 10.0. The first-order valence-electron chi connectivity index (χ1n) is 8.22. The molecule has 1 unspecified atom stereocenters. The summed E-state index contributed by atoms with van der Waals surface area (Å²) in [6.45, 7) is 2.56. The summed E-state index contributed by atoms with van der Waals surface area (Å²) >= 11 is 0. The van der Waals surface area contributed by atoms with Crippen LogP contribution in [0.15, 0.2) is 24.3 Å². The summed E-state index contributed by atoms with van der Waals surface area (Å²) in [6, 6.07) is 7.52. The maximum Gasteiger partial charge on any atom is 0.190 e. The van der Waals surface area contributed by atoms with Crippen molar-refractivity contribution in [2.75, 3.05) is 6.61 Å². The first-order chi connectivity index (χ1) is 10.3. The Morgan fingerprint density at radius 2 is 1.71 bits per heavy atom. The van der Waals surface area contributed by atoms with E-state index in [9.17, 15) is 4.79 Å². The van der Waals surface area contributed by atoms with Crippen molar-refractivity contribution in [3.8, 4) is 11.5 Å². The molecule has 1 aromatic rings. The number of carbonyl (C=O) groups excluding carboxylic acids is 1. The van der Waals surface area contributed by atoms with Gasteiger partial charge in [0.1, 0.15) is 6.61 Å². The fourth-order valence-electron chi connectivity index (χ4n) is 2.60. The molecule has 3 nitrogen and oxygen atoms in total. The molecule has 21 heavy (non-hydrogen) atoms. The lowest BCUT2D eigenvalue weighted by Gasteiger charge is -2.25. The van der Waals surface area contributed by atoms with Gasteiger partial charge in [-0.1, -0.05) is 57.6 Å². The molecular weight excluding hydrogens is 264 g/mol. The third-order valence-corrected chi connectivity index (χ3v) is 3.89. The van der Waals surface area contributed by atoms with E-state index < -0.39 is 6.10 Å². The maximum atomic E-state index is 12.1. The van der Waals surface area contributed by atoms with Crippen LogP contribution in [0.25, 0.3) is 0 Å². The Labute approximate surface area is 127 Å². The van der Waals surface area contributed by atoms with Crippen molar-refractivity contribution in [3.05, 3.63) is 24.3 Å². The molecule has 0 saturated heterocycles. The summed E-state index contributed by atoms with van der Waals surface area (Å²) in [6.07, 6.45) is 8.72. The van der Waals surface area contributed by atoms with E-state index in [1.807, 2.05) is 24.3 Å². The first kappa shape index (κ1) is 15.9. The number of hydrogen-bond donors (Lipinski definition) is 0. The number of fused-ring (bicyclic) bond motifs is 1. The van der Waals surface area contributed by atoms with E-state index >= 15 is 0 Å². The van der Waals surface area contributed by atoms with E-state index in [1.165, 1.54) is 32.1 Å². The van der Waals surface area contributed by atoms with Gasteiger partial charge < -0.3 is 9.47 Å². The number of unbranched alkanes of at least 4 members (excludes halogenated alkanes) is 6. The molecule has 1 aliphatic heterocycles. The van der Waals surface area contributed by atoms with Crippen molar-refractivity contribution < 1.29 is 14.3 Å². The van der Waals surface area contributed by atoms with Crippen LogP contribution in [0.4, 0.5) is 0 Å². The summed E-state index contributed by atoms with van der Waals surface area (Å²) in [4.78, 5) is 12.1. The monoisotopic (exact) mass is 290 g/mol. The smallest absolute Gasteiger partial charge is 0.190 e. The van der Waals surface area contributed by atoms with E-state index in [1.54, 1.807) is 0 Å². The van der Waals surface area contributed by atoms with Crippen molar-refractivity contribution in [1.29, 1.82) is 0 Å². The molecule has 0 aliphatic carbocycles. The predicted octanol–water partition coefficient (Wildman–Crippen LogP) is 4.54. The first-order valence-corrected chi connectivity index (χ1v) is 8.22. The zero-order valence-corrected chi connectivity index (χ0v) is 13.0. The van der Waals surface area contributed by atoms with Gasteiger partial charge >= 0.3 is 0 Å². The fourth-order valence-corrected chi connectivity index (χ4v) is 2.60. The van der Waals surface area contributed by atoms with Crippen molar-refractivity contribution >= 4 is 5.78 Å². The highest BCUT2D eigenvalue weighted by Crippen LogP contribution is 2.31. The van der Waals surface area contributed by atoms with E-state index in [0.29, 0.717) is 18.8 Å². The minimum atomic E-state index is -0.431. The minimum absolute atomic E-state index is 0.165. The number of para-hydroxylation sites is 2. The van der Waals surface area contributed by atoms with E-state index in [0.717, 1.165) is 18.6 Å². The summed E-state index contributed by atoms with van der Waals surface area (Å²) in [7, 11) is 0. The van der Waals surface area contributed by atoms with Crippen LogP contribution in [-0.4, -0.2) is 18.5 Å². The minimum Gasteiger partial charge on any atom is -0.485 e. The van der Waals surface area contributed by atoms with E-state index in [-0.39, 0.29) is 5.78 Å². The van der Waals surface area contributed by atoms with E-state index in [2.05, 4.69) is 6.92 Å². The summed E-state index contributed by atoms with van der Waals surface area (Å²) in [5.74, 6) is 1.58. The average molecular weight is 290 g/mol. The highest BCUT2D eigenvalue weighted by molar-refractivity contribution is 5.83. The molecule has 1 aliphatic rings. The second-order valence-corrected chi connectivity index (χ2v) is 5.70. The molecule has 0 fully saturated rings. The van der Waals surface area contributed by atoms with Crippen LogP contribution in [0.3, 0.4) is 0 Å². The molecule has 0 radical (unpaired) electrons. The Morgan fingerprint density at radius 3 is 2.48 bits per heavy atom. The average Bonchev–Trinajstić information content (AvgIpc) is 2.53. The molecule has 1 atom stereocenters. The molecule has 0 spiro atoms. The Hall–Kier alpha value is -1.51. The zero-order chi connectivity index (χ0) is 14.9. The van der Waals surface area contributed by atoms with Gasteiger partial charge in [0.2, 0.25) is 0 Å². The van der Waals surface area contributed by atoms with Crippen LogP contribution < -0.4 is 9.47 Å². The molecule has 0 aromatic heterocycles. The number of hydrogen-bond acceptors (Lipinski definition) is 3. The van der Waals surface area contributed by atoms with E-state index in [4.69, 9.17) is 9.47 Å². The Kier molecular flexibility index (Phi) is 6.58. The second kappa shape index (κ2) is 8.71. The molecule has 1 heterocycles. The molecule has 0 amide bonds. The molecule has 0 bridgehead atoms. The van der Waals surface area contributed by atoms with Crippen LogP contribution in [0, 0.1) is 0 Å². The molecule has 116 valence electrons. The van der Waals surface area contributed by atoms with Crippen LogP contribution in [0.2, 0.25) is 0 Å². The summed E-state index contributed by atoms with van der Waals surface area (Å²) in [5.41, 5.74) is 0. The molecular formula is C18H26O3. The predicted molar refractivity (Wildman–Crippen MR) is 84.0 cm³/mol. The van der Waals surface area contributed by atoms with Crippen molar-refractivity contribution in [1.82, 2.24) is 0 Å². The van der Waals surface area contributed by atoms with Gasteiger partial charge in [0, 0.05) is 6.42 Å². The highest BCUT2D eigenvalue weighted by atomic mass is 16.6. The lowest BCUT2D eigenvalue weighted by molar-refractivity contribution is -0.128. The summed E-state index contributed by atoms with van der Waals surface area (Å²) in [5, 5.41) is 0. The Bertz CT molecular complexity index is 442. The number of rotatable bonds is 9. The molecule has 0 saturated carbocycles. The van der Waals surface area contributed by atoms with Gasteiger partial charge in [-0.15, -0.1) is 0 Å². The van der Waals surface area contributed by atoms with Gasteiger partial charge in [0.15, 0.2) is 23.4 Å². The number of carbonyl (C=O) groups is 1. The third-order valence-electron chi connectivity index (χ3n) is 3.89. The quantitative estimate of drug-likeness (QED) is 0.626. The SMILES string of the molecule is CCCCCCCCCC(=O)C1COc2ccccc2O1. The highest BCUT2D eigenvalue weighted by Gasteiger charge is 2.26. The Morgan fingerprint density at radius 1 is 1.05 bits per heavy atom. The number of Topliss-reactive ketones (excluding diaryl/α,β-unsaturated/α-hetero) is 1. The van der Waals surface area contributed by atoms with Crippen LogP contribution in [-0.2, 0) is 4.79 Å². The van der Waals surface area contributed by atoms with Crippen LogP contribution >= 0.6 is 0 Å². The lowest BCUT2D eigenvalue weighted by Crippen LogP contribution is -2.36. The second-order valence-electron chi connectivity index (χ2n) is 5.70. The topological polar surface area (TPSA) is 35.5 Å². The number of ketones is 1. The number of ether oxygens (including phenoxy) is 2. The summed E-state index contributed by atoms with van der Waals surface area (Å²) < 4.78 is 11.3.